The van der Waals surface area contributed by atoms with Gasteiger partial charge in [0, 0.05) is 25.0 Å². The molecule has 0 bridgehead atoms. The molecule has 100 valence electrons. The van der Waals surface area contributed by atoms with Gasteiger partial charge in [-0.2, -0.15) is 0 Å². The lowest BCUT2D eigenvalue weighted by atomic mass is 10.1. The molecular weight excluding hydrogens is 246 g/mol. The van der Waals surface area contributed by atoms with Crippen LogP contribution in [-0.2, 0) is 6.54 Å². The third-order valence-electron chi connectivity index (χ3n) is 2.73. The lowest BCUT2D eigenvalue weighted by molar-refractivity contribution is 0.0690. The zero-order valence-electron chi connectivity index (χ0n) is 10.5. The number of hydrogen-bond acceptors (Lipinski definition) is 5. The average Bonchev–Trinajstić information content (AvgIpc) is 2.89. The molecule has 0 amide bonds. The fourth-order valence-electron chi connectivity index (χ4n) is 1.65. The third kappa shape index (κ3) is 3.59. The van der Waals surface area contributed by atoms with E-state index in [0.29, 0.717) is 13.1 Å². The van der Waals surface area contributed by atoms with E-state index in [2.05, 4.69) is 20.6 Å². The Hall–Kier alpha value is -2.28. The molecule has 2 aromatic rings. The van der Waals surface area contributed by atoms with Crippen LogP contribution in [0.3, 0.4) is 0 Å². The van der Waals surface area contributed by atoms with Gasteiger partial charge in [-0.3, -0.25) is 9.67 Å². The van der Waals surface area contributed by atoms with Crippen molar-refractivity contribution in [2.75, 3.05) is 6.54 Å². The number of nitrogens with zero attached hydrogens (tertiary/aromatic N) is 4. The van der Waals surface area contributed by atoms with Gasteiger partial charge in [0.25, 0.3) is 0 Å². The second-order valence-electron chi connectivity index (χ2n) is 4.13. The van der Waals surface area contributed by atoms with Crippen LogP contribution in [0.25, 0.3) is 0 Å². The zero-order valence-corrected chi connectivity index (χ0v) is 10.5. The van der Waals surface area contributed by atoms with Gasteiger partial charge in [-0.1, -0.05) is 11.3 Å². The average molecular weight is 261 g/mol. The predicted molar refractivity (Wildman–Crippen MR) is 67.6 cm³/mol. The summed E-state index contributed by atoms with van der Waals surface area (Å²) in [7, 11) is 0. The molecule has 2 aromatic heterocycles. The van der Waals surface area contributed by atoms with Crippen molar-refractivity contribution in [1.29, 1.82) is 0 Å². The summed E-state index contributed by atoms with van der Waals surface area (Å²) < 4.78 is 1.51. The third-order valence-corrected chi connectivity index (χ3v) is 2.73. The molecule has 1 atom stereocenters. The number of carboxylic acid groups (broad SMARTS) is 1. The molecule has 2 heterocycles. The topological polar surface area (TPSA) is 92.9 Å². The Morgan fingerprint density at radius 3 is 3.05 bits per heavy atom. The van der Waals surface area contributed by atoms with Gasteiger partial charge in [-0.25, -0.2) is 4.79 Å². The largest absolute Gasteiger partial charge is 0.476 e. The summed E-state index contributed by atoms with van der Waals surface area (Å²) in [6.45, 7) is 3.27. The first-order valence-corrected chi connectivity index (χ1v) is 5.93. The zero-order chi connectivity index (χ0) is 13.7. The first-order valence-electron chi connectivity index (χ1n) is 5.93. The first-order chi connectivity index (χ1) is 9.16. The quantitative estimate of drug-likeness (QED) is 0.796. The van der Waals surface area contributed by atoms with Gasteiger partial charge in [0.1, 0.15) is 0 Å². The Bertz CT molecular complexity index is 540. The van der Waals surface area contributed by atoms with Gasteiger partial charge in [0.15, 0.2) is 5.69 Å². The van der Waals surface area contributed by atoms with E-state index in [4.69, 9.17) is 5.11 Å². The second kappa shape index (κ2) is 6.05. The van der Waals surface area contributed by atoms with Crippen molar-refractivity contribution in [1.82, 2.24) is 25.3 Å². The molecule has 7 heteroatoms. The van der Waals surface area contributed by atoms with E-state index in [1.54, 1.807) is 6.20 Å². The van der Waals surface area contributed by atoms with E-state index in [0.717, 1.165) is 5.56 Å². The van der Waals surface area contributed by atoms with E-state index in [1.165, 1.54) is 10.9 Å². The summed E-state index contributed by atoms with van der Waals surface area (Å²) >= 11 is 0. The van der Waals surface area contributed by atoms with Gasteiger partial charge in [0.2, 0.25) is 0 Å². The number of hydrogen-bond donors (Lipinski definition) is 2. The molecule has 0 aliphatic carbocycles. The van der Waals surface area contributed by atoms with Crippen LogP contribution in [0.5, 0.6) is 0 Å². The van der Waals surface area contributed by atoms with E-state index < -0.39 is 5.97 Å². The summed E-state index contributed by atoms with van der Waals surface area (Å²) in [5.41, 5.74) is 1.06. The number of pyridine rings is 1. The molecule has 0 aliphatic heterocycles. The van der Waals surface area contributed by atoms with E-state index in [-0.39, 0.29) is 11.7 Å². The summed E-state index contributed by atoms with van der Waals surface area (Å²) in [4.78, 5) is 14.7. The number of carboxylic acids is 1. The number of nitrogens with one attached hydrogen (secondary N) is 1. The van der Waals surface area contributed by atoms with Crippen LogP contribution in [0.2, 0.25) is 0 Å². The number of aromatic nitrogens is 4. The highest BCUT2D eigenvalue weighted by atomic mass is 16.4. The SMILES string of the molecule is C[C@@H](NCCn1cc(C(=O)O)nn1)c1cccnc1. The highest BCUT2D eigenvalue weighted by Crippen LogP contribution is 2.08. The minimum Gasteiger partial charge on any atom is -0.476 e. The summed E-state index contributed by atoms with van der Waals surface area (Å²) in [5.74, 6) is -1.07. The molecule has 0 saturated carbocycles. The van der Waals surface area contributed by atoms with Crippen molar-refractivity contribution >= 4 is 5.97 Å². The van der Waals surface area contributed by atoms with E-state index in [9.17, 15) is 4.79 Å². The summed E-state index contributed by atoms with van der Waals surface area (Å²) in [6, 6.07) is 4.07. The molecular formula is C12H15N5O2. The molecule has 7 nitrogen and oxygen atoms in total. The molecule has 19 heavy (non-hydrogen) atoms. The highest BCUT2D eigenvalue weighted by Gasteiger charge is 2.08. The van der Waals surface area contributed by atoms with Crippen molar-refractivity contribution in [3.8, 4) is 0 Å². The fourth-order valence-corrected chi connectivity index (χ4v) is 1.65. The lowest BCUT2D eigenvalue weighted by Crippen LogP contribution is -2.23. The second-order valence-corrected chi connectivity index (χ2v) is 4.13. The maximum absolute atomic E-state index is 10.6. The van der Waals surface area contributed by atoms with Crippen LogP contribution < -0.4 is 5.32 Å². The molecule has 2 rings (SSSR count). The molecule has 2 N–H and O–H groups in total. The van der Waals surface area contributed by atoms with Crippen LogP contribution in [0.1, 0.15) is 29.0 Å². The fraction of sp³-hybridized carbons (Fsp3) is 0.333. The Morgan fingerprint density at radius 2 is 2.42 bits per heavy atom. The standard InChI is InChI=1S/C12H15N5O2/c1-9(10-3-2-4-13-7-10)14-5-6-17-8-11(12(18)19)15-16-17/h2-4,7-9,14H,5-6H2,1H3,(H,18,19)/t9-/m1/s1. The lowest BCUT2D eigenvalue weighted by Gasteiger charge is -2.13. The van der Waals surface area contributed by atoms with Gasteiger partial charge in [-0.05, 0) is 18.6 Å². The first kappa shape index (κ1) is 13.2. The molecule has 0 unspecified atom stereocenters. The monoisotopic (exact) mass is 261 g/mol. The smallest absolute Gasteiger partial charge is 0.358 e. The number of aromatic carboxylic acids is 1. The van der Waals surface area contributed by atoms with Crippen molar-refractivity contribution in [3.63, 3.8) is 0 Å². The van der Waals surface area contributed by atoms with E-state index in [1.807, 2.05) is 25.3 Å². The van der Waals surface area contributed by atoms with Gasteiger partial charge in [0.05, 0.1) is 12.7 Å². The molecule has 0 fully saturated rings. The van der Waals surface area contributed by atoms with Crippen molar-refractivity contribution in [2.45, 2.75) is 19.5 Å². The van der Waals surface area contributed by atoms with Crippen molar-refractivity contribution in [2.24, 2.45) is 0 Å². The molecule has 0 spiro atoms. The minimum atomic E-state index is -1.07. The van der Waals surface area contributed by atoms with Gasteiger partial charge < -0.3 is 10.4 Å². The van der Waals surface area contributed by atoms with Gasteiger partial charge in [-0.15, -0.1) is 5.10 Å². The number of rotatable bonds is 6. The summed E-state index contributed by atoms with van der Waals surface area (Å²) in [6.07, 6.45) is 4.97. The van der Waals surface area contributed by atoms with E-state index >= 15 is 0 Å². The molecule has 0 saturated heterocycles. The van der Waals surface area contributed by atoms with Crippen molar-refractivity contribution < 1.29 is 9.90 Å². The number of carbonyl (C=O) groups is 1. The van der Waals surface area contributed by atoms with Crippen LogP contribution in [0, 0.1) is 0 Å². The predicted octanol–water partition coefficient (Wildman–Crippen LogP) is 0.722. The van der Waals surface area contributed by atoms with Gasteiger partial charge >= 0.3 is 5.97 Å². The Labute approximate surface area is 110 Å². The minimum absolute atomic E-state index is 0.0414. The van der Waals surface area contributed by atoms with Crippen LogP contribution >= 0.6 is 0 Å². The van der Waals surface area contributed by atoms with Crippen LogP contribution in [0.15, 0.2) is 30.7 Å². The molecule has 0 radical (unpaired) electrons. The maximum atomic E-state index is 10.6. The van der Waals surface area contributed by atoms with Crippen LogP contribution in [0.4, 0.5) is 0 Å². The Kier molecular flexibility index (Phi) is 4.19. The Morgan fingerprint density at radius 1 is 1.58 bits per heavy atom. The molecule has 0 aliphatic rings. The highest BCUT2D eigenvalue weighted by molar-refractivity contribution is 5.84. The van der Waals surface area contributed by atoms with Crippen LogP contribution in [-0.4, -0.2) is 37.6 Å². The normalized spacial score (nSPS) is 12.3. The Balaban J connectivity index is 1.81. The molecule has 0 aromatic carbocycles. The van der Waals surface area contributed by atoms with Crippen molar-refractivity contribution in [3.05, 3.63) is 42.0 Å². The summed E-state index contributed by atoms with van der Waals surface area (Å²) in [5, 5.41) is 19.3. The maximum Gasteiger partial charge on any atom is 0.358 e.